The van der Waals surface area contributed by atoms with E-state index in [1.807, 2.05) is 121 Å². The summed E-state index contributed by atoms with van der Waals surface area (Å²) in [6.45, 7) is 0. The van der Waals surface area contributed by atoms with Gasteiger partial charge in [-0.2, -0.15) is 0 Å². The highest BCUT2D eigenvalue weighted by molar-refractivity contribution is 7.16. The smallest absolute Gasteiger partial charge is 0.230 e. The molecule has 16 nitrogen and oxygen atoms in total. The second kappa shape index (κ2) is 23.5. The van der Waals surface area contributed by atoms with Crippen molar-refractivity contribution in [3.05, 3.63) is 164 Å². The molecule has 0 aliphatic heterocycles. The molecule has 4 aromatic heterocycles. The van der Waals surface area contributed by atoms with E-state index in [-0.39, 0.29) is 47.3 Å². The molecule has 4 heterocycles. The summed E-state index contributed by atoms with van der Waals surface area (Å²) >= 11 is 5.75. The molecule has 0 unspecified atom stereocenters. The van der Waals surface area contributed by atoms with Crippen LogP contribution in [0, 0.1) is 0 Å². The van der Waals surface area contributed by atoms with Gasteiger partial charge in [0.05, 0.1) is 25.7 Å². The highest BCUT2D eigenvalue weighted by Gasteiger charge is 2.33. The lowest BCUT2D eigenvalue weighted by atomic mass is 10.1. The molecule has 10 rings (SSSR count). The fraction of sp³-hybridized carbons (Fsp3) is 0.280. The Morgan fingerprint density at radius 2 is 0.557 bits per heavy atom. The molecule has 2 aliphatic rings. The normalized spacial score (nSPS) is 17.3. The molecule has 70 heavy (non-hydrogen) atoms. The number of hydrogen-bond donors (Lipinski definition) is 4. The van der Waals surface area contributed by atoms with Gasteiger partial charge in [-0.25, -0.2) is 0 Å². The molecule has 0 radical (unpaired) electrons. The van der Waals surface area contributed by atoms with Crippen molar-refractivity contribution < 1.29 is 19.2 Å². The van der Waals surface area contributed by atoms with E-state index in [0.29, 0.717) is 46.2 Å². The number of hydrogen-bond acceptors (Lipinski definition) is 16. The summed E-state index contributed by atoms with van der Waals surface area (Å²) in [6, 6.07) is 38.5. The number of benzene rings is 4. The van der Waals surface area contributed by atoms with Crippen molar-refractivity contribution in [2.24, 2.45) is 0 Å². The molecular formula is C50H48N12O4S4. The number of carbonyl (C=O) groups is 4. The molecule has 4 atom stereocenters. The van der Waals surface area contributed by atoms with Gasteiger partial charge in [-0.05, 0) is 60.8 Å². The summed E-state index contributed by atoms with van der Waals surface area (Å²) in [4.78, 5) is 49.3. The number of aromatic nitrogens is 8. The predicted molar refractivity (Wildman–Crippen MR) is 273 cm³/mol. The van der Waals surface area contributed by atoms with Gasteiger partial charge in [0.25, 0.3) is 0 Å². The van der Waals surface area contributed by atoms with Gasteiger partial charge in [-0.3, -0.25) is 19.2 Å². The molecule has 8 aromatic rings. The van der Waals surface area contributed by atoms with E-state index in [2.05, 4.69) is 62.1 Å². The van der Waals surface area contributed by atoms with Gasteiger partial charge in [0.1, 0.15) is 20.0 Å². The summed E-state index contributed by atoms with van der Waals surface area (Å²) in [6.07, 6.45) is 6.95. The van der Waals surface area contributed by atoms with E-state index in [9.17, 15) is 19.2 Å². The molecule has 2 aliphatic carbocycles. The molecule has 2 fully saturated rings. The van der Waals surface area contributed by atoms with Gasteiger partial charge in [0.2, 0.25) is 44.2 Å². The standard InChI is InChI=1S/2C25H24N6O2S2/c2*32-20(13-16-7-3-1-4-8-16)26-24-30-28-22(34-24)18-11-12-19(15-18)23-29-31-25(35-23)27-21(33)14-17-9-5-2-6-10-17/h2*1-10,18-19H,11-15H2,(H,26,30,32)(H,27,31,33)/t2*18-,19-/m10/s1. The highest BCUT2D eigenvalue weighted by atomic mass is 32.1. The lowest BCUT2D eigenvalue weighted by Crippen LogP contribution is -2.14. The summed E-state index contributed by atoms with van der Waals surface area (Å²) in [5, 5.41) is 51.3. The first-order chi connectivity index (χ1) is 34.2. The first-order valence-electron chi connectivity index (χ1n) is 22.9. The maximum absolute atomic E-state index is 12.3. The lowest BCUT2D eigenvalue weighted by Gasteiger charge is -2.05. The Morgan fingerprint density at radius 3 is 0.771 bits per heavy atom. The van der Waals surface area contributed by atoms with E-state index >= 15 is 0 Å². The fourth-order valence-electron chi connectivity index (χ4n) is 8.44. The summed E-state index contributed by atoms with van der Waals surface area (Å²) in [5.74, 6) is 0.708. The van der Waals surface area contributed by atoms with E-state index in [0.717, 1.165) is 80.8 Å². The first-order valence-corrected chi connectivity index (χ1v) is 26.2. The minimum absolute atomic E-state index is 0.0982. The van der Waals surface area contributed by atoms with E-state index in [1.54, 1.807) is 0 Å². The number of amides is 4. The SMILES string of the molecule is O=C(Cc1ccccc1)Nc1nnc([C@@H]2CC[C@@H](c3nnc(NC(=O)Cc4ccccc4)s3)C2)s1.O=C(Cc1ccccc1)Nc1nnc([C@H]2CC[C@H](c3nnc(NC(=O)Cc4ccccc4)s3)C2)s1. The lowest BCUT2D eigenvalue weighted by molar-refractivity contribution is -0.116. The van der Waals surface area contributed by atoms with Gasteiger partial charge in [-0.15, -0.1) is 40.8 Å². The van der Waals surface area contributed by atoms with Gasteiger partial charge in [0, 0.05) is 23.7 Å². The predicted octanol–water partition coefficient (Wildman–Crippen LogP) is 9.61. The number of carbonyl (C=O) groups excluding carboxylic acids is 4. The van der Waals surface area contributed by atoms with Crippen molar-refractivity contribution in [1.29, 1.82) is 0 Å². The van der Waals surface area contributed by atoms with Gasteiger partial charge in [-0.1, -0.05) is 167 Å². The second-order valence-corrected chi connectivity index (χ2v) is 21.1. The quantitative estimate of drug-likeness (QED) is 0.0711. The molecule has 0 spiro atoms. The summed E-state index contributed by atoms with van der Waals surface area (Å²) in [5.41, 5.74) is 3.84. The number of rotatable bonds is 16. The van der Waals surface area contributed by atoms with Crippen LogP contribution in [-0.2, 0) is 44.9 Å². The van der Waals surface area contributed by atoms with Gasteiger partial charge >= 0.3 is 0 Å². The van der Waals surface area contributed by atoms with Crippen molar-refractivity contribution >= 4 is 89.5 Å². The zero-order valence-corrected chi connectivity index (χ0v) is 41.0. The molecular weight excluding hydrogens is 961 g/mol. The van der Waals surface area contributed by atoms with Crippen LogP contribution in [0.5, 0.6) is 0 Å². The number of nitrogens with one attached hydrogen (secondary N) is 4. The minimum atomic E-state index is -0.0982. The summed E-state index contributed by atoms with van der Waals surface area (Å²) in [7, 11) is 0. The molecule has 356 valence electrons. The Labute approximate surface area is 419 Å². The minimum Gasteiger partial charge on any atom is -0.300 e. The monoisotopic (exact) mass is 1010 g/mol. The van der Waals surface area contributed by atoms with Crippen LogP contribution in [0.4, 0.5) is 20.5 Å². The Hall–Kier alpha value is -7.00. The first kappa shape index (κ1) is 48.0. The third-order valence-corrected chi connectivity index (χ3v) is 15.8. The molecule has 4 amide bonds. The molecule has 4 N–H and O–H groups in total. The number of nitrogens with zero attached hydrogens (tertiary/aromatic N) is 8. The van der Waals surface area contributed by atoms with Crippen molar-refractivity contribution in [2.45, 2.75) is 87.9 Å². The molecule has 20 heteroatoms. The van der Waals surface area contributed by atoms with Crippen molar-refractivity contribution in [3.8, 4) is 0 Å². The van der Waals surface area contributed by atoms with Crippen LogP contribution in [0.3, 0.4) is 0 Å². The second-order valence-electron chi connectivity index (χ2n) is 17.0. The van der Waals surface area contributed by atoms with Crippen LogP contribution in [0.1, 0.15) is 104 Å². The van der Waals surface area contributed by atoms with Crippen molar-refractivity contribution in [2.75, 3.05) is 21.3 Å². The Kier molecular flexibility index (Phi) is 16.2. The van der Waals surface area contributed by atoms with Gasteiger partial charge in [0.15, 0.2) is 0 Å². The Bertz CT molecular complexity index is 2590. The molecule has 0 bridgehead atoms. The molecule has 2 saturated carbocycles. The van der Waals surface area contributed by atoms with Crippen LogP contribution in [0.15, 0.2) is 121 Å². The topological polar surface area (TPSA) is 220 Å². The van der Waals surface area contributed by atoms with E-state index in [4.69, 9.17) is 0 Å². The van der Waals surface area contributed by atoms with Crippen LogP contribution in [0.25, 0.3) is 0 Å². The zero-order valence-electron chi connectivity index (χ0n) is 37.8. The van der Waals surface area contributed by atoms with Crippen LogP contribution in [0.2, 0.25) is 0 Å². The Morgan fingerprint density at radius 1 is 0.343 bits per heavy atom. The van der Waals surface area contributed by atoms with Crippen LogP contribution in [-0.4, -0.2) is 64.4 Å². The highest BCUT2D eigenvalue weighted by Crippen LogP contribution is 2.47. The van der Waals surface area contributed by atoms with Gasteiger partial charge < -0.3 is 21.3 Å². The van der Waals surface area contributed by atoms with Crippen molar-refractivity contribution in [3.63, 3.8) is 0 Å². The van der Waals surface area contributed by atoms with Crippen LogP contribution >= 0.6 is 45.3 Å². The fourth-order valence-corrected chi connectivity index (χ4v) is 12.1. The third kappa shape index (κ3) is 13.6. The van der Waals surface area contributed by atoms with Crippen LogP contribution < -0.4 is 21.3 Å². The van der Waals surface area contributed by atoms with E-state index in [1.165, 1.54) is 45.3 Å². The average molecular weight is 1010 g/mol. The summed E-state index contributed by atoms with van der Waals surface area (Å²) < 4.78 is 0. The maximum atomic E-state index is 12.3. The molecule has 0 saturated heterocycles. The van der Waals surface area contributed by atoms with E-state index < -0.39 is 0 Å². The average Bonchev–Trinajstić information content (AvgIpc) is 4.23. The Balaban J connectivity index is 0.000000174. The zero-order chi connectivity index (χ0) is 48.1. The third-order valence-electron chi connectivity index (χ3n) is 11.8. The largest absolute Gasteiger partial charge is 0.300 e. The maximum Gasteiger partial charge on any atom is 0.230 e. The number of anilines is 4. The molecule has 4 aromatic carbocycles. The van der Waals surface area contributed by atoms with Crippen molar-refractivity contribution in [1.82, 2.24) is 40.8 Å².